The molecule has 0 aliphatic rings. The molecular weight excluding hydrogens is 271 g/mol. The van der Waals surface area contributed by atoms with Crippen molar-refractivity contribution in [1.82, 2.24) is 0 Å². The van der Waals surface area contributed by atoms with Gasteiger partial charge in [-0.3, -0.25) is 0 Å². The lowest BCUT2D eigenvalue weighted by Crippen LogP contribution is -1.98. The van der Waals surface area contributed by atoms with E-state index in [-0.39, 0.29) is 12.6 Å². The molecule has 0 saturated carbocycles. The SMILES string of the molecule is COC(=O)/C(I)=C/C=C/CCO. The molecule has 0 spiro atoms. The molecule has 0 radical (unpaired) electrons. The first-order valence-electron chi connectivity index (χ1n) is 3.44. The van der Waals surface area contributed by atoms with Gasteiger partial charge in [0, 0.05) is 6.61 Å². The van der Waals surface area contributed by atoms with Gasteiger partial charge in [-0.1, -0.05) is 12.2 Å². The Kier molecular flexibility index (Phi) is 7.08. The van der Waals surface area contributed by atoms with Crippen molar-refractivity contribution in [3.8, 4) is 0 Å². The minimum Gasteiger partial charge on any atom is -0.465 e. The molecule has 68 valence electrons. The Morgan fingerprint density at radius 1 is 1.67 bits per heavy atom. The molecule has 1 N–H and O–H groups in total. The van der Waals surface area contributed by atoms with E-state index < -0.39 is 0 Å². The van der Waals surface area contributed by atoms with Gasteiger partial charge in [-0.25, -0.2) is 4.79 Å². The summed E-state index contributed by atoms with van der Waals surface area (Å²) in [6, 6.07) is 0. The molecule has 0 heterocycles. The van der Waals surface area contributed by atoms with Crippen molar-refractivity contribution in [1.29, 1.82) is 0 Å². The number of hydrogen-bond donors (Lipinski definition) is 1. The highest BCUT2D eigenvalue weighted by Gasteiger charge is 2.01. The number of hydrogen-bond acceptors (Lipinski definition) is 3. The molecule has 0 aromatic heterocycles. The first-order chi connectivity index (χ1) is 5.72. The number of carbonyl (C=O) groups excluding carboxylic acids is 1. The lowest BCUT2D eigenvalue weighted by Gasteiger charge is -1.93. The lowest BCUT2D eigenvalue weighted by molar-refractivity contribution is -0.135. The Bertz CT molecular complexity index is 196. The average Bonchev–Trinajstić information content (AvgIpc) is 2.10. The molecule has 0 aliphatic heterocycles. The normalized spacial score (nSPS) is 12.1. The Balaban J connectivity index is 3.91. The number of halogens is 1. The molecule has 3 nitrogen and oxygen atoms in total. The van der Waals surface area contributed by atoms with Crippen molar-refractivity contribution in [2.45, 2.75) is 6.42 Å². The fourth-order valence-corrected chi connectivity index (χ4v) is 0.917. The number of aliphatic hydroxyl groups excluding tert-OH is 1. The van der Waals surface area contributed by atoms with Crippen molar-refractivity contribution in [3.63, 3.8) is 0 Å². The minimum absolute atomic E-state index is 0.124. The molecule has 0 aromatic carbocycles. The molecule has 4 heteroatoms. The van der Waals surface area contributed by atoms with Crippen LogP contribution in [0.1, 0.15) is 6.42 Å². The van der Waals surface area contributed by atoms with Crippen molar-refractivity contribution < 1.29 is 14.6 Å². The topological polar surface area (TPSA) is 46.5 Å². The Labute approximate surface area is 85.2 Å². The van der Waals surface area contributed by atoms with E-state index in [0.29, 0.717) is 10.0 Å². The molecule has 0 unspecified atom stereocenters. The summed E-state index contributed by atoms with van der Waals surface area (Å²) in [7, 11) is 1.34. The number of aliphatic hydroxyl groups is 1. The second kappa shape index (κ2) is 7.30. The van der Waals surface area contributed by atoms with Crippen LogP contribution in [0, 0.1) is 0 Å². The van der Waals surface area contributed by atoms with Gasteiger partial charge >= 0.3 is 5.97 Å². The minimum atomic E-state index is -0.343. The highest BCUT2D eigenvalue weighted by Crippen LogP contribution is 2.07. The van der Waals surface area contributed by atoms with Crippen LogP contribution in [0.15, 0.2) is 21.8 Å². The van der Waals surface area contributed by atoms with E-state index in [4.69, 9.17) is 5.11 Å². The van der Waals surface area contributed by atoms with Crippen LogP contribution in [-0.2, 0) is 9.53 Å². The van der Waals surface area contributed by atoms with Crippen molar-refractivity contribution in [2.24, 2.45) is 0 Å². The van der Waals surface area contributed by atoms with Crippen LogP contribution < -0.4 is 0 Å². The van der Waals surface area contributed by atoms with Gasteiger partial charge in [0.05, 0.1) is 10.7 Å². The van der Waals surface area contributed by atoms with Gasteiger partial charge in [-0.15, -0.1) is 0 Å². The van der Waals surface area contributed by atoms with Crippen molar-refractivity contribution in [2.75, 3.05) is 13.7 Å². The molecule has 12 heavy (non-hydrogen) atoms. The molecule has 0 amide bonds. The van der Waals surface area contributed by atoms with E-state index in [1.165, 1.54) is 7.11 Å². The molecular formula is C8H11IO3. The van der Waals surface area contributed by atoms with Crippen molar-refractivity contribution in [3.05, 3.63) is 21.8 Å². The highest BCUT2D eigenvalue weighted by molar-refractivity contribution is 14.1. The highest BCUT2D eigenvalue weighted by atomic mass is 127. The molecule has 0 fully saturated rings. The third kappa shape index (κ3) is 5.31. The Morgan fingerprint density at radius 2 is 2.33 bits per heavy atom. The number of esters is 1. The van der Waals surface area contributed by atoms with Crippen LogP contribution >= 0.6 is 22.6 Å². The van der Waals surface area contributed by atoms with E-state index in [1.807, 2.05) is 22.6 Å². The number of ether oxygens (including phenoxy) is 1. The van der Waals surface area contributed by atoms with Crippen LogP contribution in [0.2, 0.25) is 0 Å². The lowest BCUT2D eigenvalue weighted by atomic mass is 10.4. The van der Waals surface area contributed by atoms with Gasteiger partial charge in [0.2, 0.25) is 0 Å². The molecule has 0 saturated heterocycles. The van der Waals surface area contributed by atoms with Gasteiger partial charge in [0.1, 0.15) is 0 Å². The van der Waals surface area contributed by atoms with Gasteiger partial charge < -0.3 is 9.84 Å². The summed E-state index contributed by atoms with van der Waals surface area (Å²) in [6.07, 6.45) is 5.74. The summed E-state index contributed by atoms with van der Waals surface area (Å²) in [5, 5.41) is 8.42. The van der Waals surface area contributed by atoms with E-state index >= 15 is 0 Å². The van der Waals surface area contributed by atoms with Crippen LogP contribution in [0.5, 0.6) is 0 Å². The molecule has 0 aromatic rings. The van der Waals surface area contributed by atoms with Crippen LogP contribution in [-0.4, -0.2) is 24.8 Å². The van der Waals surface area contributed by atoms with E-state index in [1.54, 1.807) is 18.2 Å². The first-order valence-corrected chi connectivity index (χ1v) is 4.51. The molecule has 0 rings (SSSR count). The molecule has 0 bridgehead atoms. The summed E-state index contributed by atoms with van der Waals surface area (Å²) in [6.45, 7) is 0.124. The molecule has 0 atom stereocenters. The van der Waals surface area contributed by atoms with Gasteiger partial charge in [0.25, 0.3) is 0 Å². The smallest absolute Gasteiger partial charge is 0.344 e. The van der Waals surface area contributed by atoms with Crippen LogP contribution in [0.25, 0.3) is 0 Å². The quantitative estimate of drug-likeness (QED) is 0.367. The fraction of sp³-hybridized carbons (Fsp3) is 0.375. The van der Waals surface area contributed by atoms with Gasteiger partial charge in [0.15, 0.2) is 0 Å². The van der Waals surface area contributed by atoms with E-state index in [9.17, 15) is 4.79 Å². The Morgan fingerprint density at radius 3 is 2.83 bits per heavy atom. The third-order valence-corrected chi connectivity index (χ3v) is 1.85. The average molecular weight is 282 g/mol. The van der Waals surface area contributed by atoms with E-state index in [2.05, 4.69) is 4.74 Å². The number of methoxy groups -OCH3 is 1. The maximum Gasteiger partial charge on any atom is 0.344 e. The predicted molar refractivity (Wildman–Crippen MR) is 55.0 cm³/mol. The zero-order chi connectivity index (χ0) is 9.40. The summed E-state index contributed by atoms with van der Waals surface area (Å²) in [4.78, 5) is 10.8. The second-order valence-corrected chi connectivity index (χ2v) is 3.11. The zero-order valence-corrected chi connectivity index (χ0v) is 8.95. The number of allylic oxidation sites excluding steroid dienone is 2. The van der Waals surface area contributed by atoms with Crippen LogP contribution in [0.4, 0.5) is 0 Å². The summed E-state index contributed by atoms with van der Waals surface area (Å²) in [5.74, 6) is -0.343. The van der Waals surface area contributed by atoms with Gasteiger partial charge in [-0.2, -0.15) is 0 Å². The van der Waals surface area contributed by atoms with Gasteiger partial charge in [-0.05, 0) is 35.1 Å². The largest absolute Gasteiger partial charge is 0.465 e. The predicted octanol–water partition coefficient (Wildman–Crippen LogP) is 1.42. The summed E-state index contributed by atoms with van der Waals surface area (Å²) in [5.41, 5.74) is 0. The zero-order valence-electron chi connectivity index (χ0n) is 6.79. The number of carbonyl (C=O) groups is 1. The Hall–Kier alpha value is -0.360. The summed E-state index contributed by atoms with van der Waals surface area (Å²) >= 11 is 1.89. The fourth-order valence-electron chi connectivity index (χ4n) is 0.489. The van der Waals surface area contributed by atoms with E-state index in [0.717, 1.165) is 0 Å². The van der Waals surface area contributed by atoms with Crippen molar-refractivity contribution >= 4 is 28.6 Å². The maximum atomic E-state index is 10.8. The van der Waals surface area contributed by atoms with Crippen LogP contribution in [0.3, 0.4) is 0 Å². The molecule has 0 aliphatic carbocycles. The third-order valence-electron chi connectivity index (χ3n) is 1.05. The summed E-state index contributed by atoms with van der Waals surface area (Å²) < 4.78 is 4.99. The monoisotopic (exact) mass is 282 g/mol. The maximum absolute atomic E-state index is 10.8. The number of rotatable bonds is 4. The standard InChI is InChI=1S/C8H11IO3/c1-12-8(11)7(9)5-3-2-4-6-10/h2-3,5,10H,4,6H2,1H3/b3-2+,7-5-. The first kappa shape index (κ1) is 11.6. The second-order valence-electron chi connectivity index (χ2n) is 1.95.